The number of nitrogens with two attached hydrogens (primary N) is 1. The third-order valence-corrected chi connectivity index (χ3v) is 5.44. The first-order valence-corrected chi connectivity index (χ1v) is 10.4. The second-order valence-electron chi connectivity index (χ2n) is 7.71. The van der Waals surface area contributed by atoms with Crippen LogP contribution in [0.2, 0.25) is 0 Å². The standard InChI is InChI=1S/C22H30FN5O/c1-3-17(27-18-6-4-5-7-18)10-11-25-22-19(21(24)26-14(2)29)13-15-12-16(23)8-9-20(15)28-22/h8-9,12-13,17-18,27H,3-7,10-11H2,1-2H3,(H,25,28)(H2,24,26,29). The summed E-state index contributed by atoms with van der Waals surface area (Å²) in [5, 5.41) is 7.72. The molecule has 29 heavy (non-hydrogen) atoms. The largest absolute Gasteiger partial charge is 0.383 e. The highest BCUT2D eigenvalue weighted by Gasteiger charge is 2.18. The fourth-order valence-corrected chi connectivity index (χ4v) is 3.90. The van der Waals surface area contributed by atoms with Crippen LogP contribution in [0, 0.1) is 5.82 Å². The van der Waals surface area contributed by atoms with Gasteiger partial charge in [0.15, 0.2) is 0 Å². The van der Waals surface area contributed by atoms with Crippen molar-refractivity contribution >= 4 is 28.5 Å². The Balaban J connectivity index is 1.77. The first-order chi connectivity index (χ1) is 14.0. The van der Waals surface area contributed by atoms with Crippen molar-refractivity contribution in [1.82, 2.24) is 10.3 Å². The van der Waals surface area contributed by atoms with Crippen LogP contribution in [-0.4, -0.2) is 35.4 Å². The zero-order chi connectivity index (χ0) is 20.8. The molecular formula is C22H30FN5O. The van der Waals surface area contributed by atoms with Gasteiger partial charge in [-0.15, -0.1) is 0 Å². The van der Waals surface area contributed by atoms with Crippen molar-refractivity contribution in [1.29, 1.82) is 0 Å². The van der Waals surface area contributed by atoms with Crippen LogP contribution in [0.3, 0.4) is 0 Å². The maximum atomic E-state index is 13.6. The molecule has 1 aromatic heterocycles. The first kappa shape index (κ1) is 21.2. The zero-order valence-corrected chi connectivity index (χ0v) is 17.2. The lowest BCUT2D eigenvalue weighted by molar-refractivity contribution is -0.115. The second-order valence-corrected chi connectivity index (χ2v) is 7.71. The van der Waals surface area contributed by atoms with E-state index >= 15 is 0 Å². The van der Waals surface area contributed by atoms with Gasteiger partial charge >= 0.3 is 0 Å². The number of pyridine rings is 1. The van der Waals surface area contributed by atoms with Crippen LogP contribution in [0.5, 0.6) is 0 Å². The van der Waals surface area contributed by atoms with E-state index in [0.29, 0.717) is 40.9 Å². The monoisotopic (exact) mass is 399 g/mol. The topological polar surface area (TPSA) is 92.4 Å². The number of aromatic nitrogens is 1. The summed E-state index contributed by atoms with van der Waals surface area (Å²) in [6, 6.07) is 7.20. The average Bonchev–Trinajstić information content (AvgIpc) is 3.19. The van der Waals surface area contributed by atoms with Crippen molar-refractivity contribution in [3.05, 3.63) is 35.6 Å². The number of fused-ring (bicyclic) bond motifs is 1. The van der Waals surface area contributed by atoms with Crippen LogP contribution in [0.4, 0.5) is 10.2 Å². The predicted octanol–water partition coefficient (Wildman–Crippen LogP) is 3.74. The SMILES string of the molecule is CCC(CCNc1nc2ccc(F)cc2cc1C(N)=NC(C)=O)NC1CCCC1. The molecule has 1 unspecified atom stereocenters. The van der Waals surface area contributed by atoms with Gasteiger partial charge in [-0.2, -0.15) is 4.99 Å². The fraction of sp³-hybridized carbons (Fsp3) is 0.500. The number of amides is 1. The van der Waals surface area contributed by atoms with E-state index in [4.69, 9.17) is 5.73 Å². The molecule has 1 aliphatic rings. The molecule has 4 N–H and O–H groups in total. The van der Waals surface area contributed by atoms with Crippen LogP contribution in [0.1, 0.15) is 57.9 Å². The van der Waals surface area contributed by atoms with Crippen LogP contribution >= 0.6 is 0 Å². The van der Waals surface area contributed by atoms with Gasteiger partial charge in [0.05, 0.1) is 11.1 Å². The molecule has 0 bridgehead atoms. The number of benzene rings is 1. The molecule has 0 spiro atoms. The van der Waals surface area contributed by atoms with Gasteiger partial charge in [-0.05, 0) is 49.9 Å². The highest BCUT2D eigenvalue weighted by Crippen LogP contribution is 2.22. The predicted molar refractivity (Wildman–Crippen MR) is 116 cm³/mol. The minimum Gasteiger partial charge on any atom is -0.383 e. The van der Waals surface area contributed by atoms with Crippen LogP contribution in [-0.2, 0) is 4.79 Å². The van der Waals surface area contributed by atoms with Gasteiger partial charge < -0.3 is 16.4 Å². The summed E-state index contributed by atoms with van der Waals surface area (Å²) >= 11 is 0. The van der Waals surface area contributed by atoms with Crippen molar-refractivity contribution < 1.29 is 9.18 Å². The minimum absolute atomic E-state index is 0.0785. The van der Waals surface area contributed by atoms with E-state index in [-0.39, 0.29) is 17.6 Å². The molecule has 1 saturated carbocycles. The third kappa shape index (κ3) is 5.73. The number of carbonyl (C=O) groups is 1. The van der Waals surface area contributed by atoms with E-state index in [1.54, 1.807) is 12.1 Å². The van der Waals surface area contributed by atoms with Crippen LogP contribution in [0.15, 0.2) is 29.3 Å². The fourth-order valence-electron chi connectivity index (χ4n) is 3.90. The van der Waals surface area contributed by atoms with Gasteiger partial charge in [-0.25, -0.2) is 9.37 Å². The number of nitrogens with one attached hydrogen (secondary N) is 2. The quantitative estimate of drug-likeness (QED) is 0.465. The molecule has 1 aliphatic carbocycles. The molecule has 0 radical (unpaired) electrons. The van der Waals surface area contributed by atoms with Gasteiger partial charge in [0, 0.05) is 30.9 Å². The molecule has 1 fully saturated rings. The highest BCUT2D eigenvalue weighted by atomic mass is 19.1. The van der Waals surface area contributed by atoms with E-state index in [1.165, 1.54) is 44.7 Å². The summed E-state index contributed by atoms with van der Waals surface area (Å²) in [6.07, 6.45) is 7.14. The molecule has 2 aromatic rings. The highest BCUT2D eigenvalue weighted by molar-refractivity contribution is 6.08. The Morgan fingerprint density at radius 1 is 1.34 bits per heavy atom. The Labute approximate surface area is 171 Å². The number of halogens is 1. The number of nitrogens with zero attached hydrogens (tertiary/aromatic N) is 2. The van der Waals surface area contributed by atoms with Gasteiger partial charge in [-0.3, -0.25) is 4.79 Å². The zero-order valence-electron chi connectivity index (χ0n) is 17.2. The summed E-state index contributed by atoms with van der Waals surface area (Å²) in [6.45, 7) is 4.24. The van der Waals surface area contributed by atoms with Crippen molar-refractivity contribution in [2.45, 2.75) is 64.5 Å². The lowest BCUT2D eigenvalue weighted by Crippen LogP contribution is -2.37. The summed E-state index contributed by atoms with van der Waals surface area (Å²) < 4.78 is 13.6. The number of hydrogen-bond acceptors (Lipinski definition) is 4. The van der Waals surface area contributed by atoms with Crippen molar-refractivity contribution in [3.63, 3.8) is 0 Å². The lowest BCUT2D eigenvalue weighted by Gasteiger charge is -2.22. The van der Waals surface area contributed by atoms with Crippen LogP contribution in [0.25, 0.3) is 10.9 Å². The number of aliphatic imine (C=N–C) groups is 1. The van der Waals surface area contributed by atoms with Crippen LogP contribution < -0.4 is 16.4 Å². The first-order valence-electron chi connectivity index (χ1n) is 10.4. The Kier molecular flexibility index (Phi) is 7.14. The molecule has 1 amide bonds. The van der Waals surface area contributed by atoms with Gasteiger partial charge in [0.2, 0.25) is 5.91 Å². The number of hydrogen-bond donors (Lipinski definition) is 3. The Morgan fingerprint density at radius 2 is 2.10 bits per heavy atom. The molecule has 3 rings (SSSR count). The lowest BCUT2D eigenvalue weighted by atomic mass is 10.1. The molecule has 1 heterocycles. The normalized spacial score (nSPS) is 16.3. The molecule has 7 heteroatoms. The molecule has 1 atom stereocenters. The van der Waals surface area contributed by atoms with Gasteiger partial charge in [0.25, 0.3) is 0 Å². The van der Waals surface area contributed by atoms with E-state index in [9.17, 15) is 9.18 Å². The second kappa shape index (κ2) is 9.78. The summed E-state index contributed by atoms with van der Waals surface area (Å²) in [5.74, 6) is -0.103. The molecule has 1 aromatic carbocycles. The van der Waals surface area contributed by atoms with Crippen molar-refractivity contribution in [3.8, 4) is 0 Å². The number of amidine groups is 1. The van der Waals surface area contributed by atoms with E-state index in [0.717, 1.165) is 12.8 Å². The molecule has 0 aliphatic heterocycles. The molecule has 0 saturated heterocycles. The summed E-state index contributed by atoms with van der Waals surface area (Å²) in [5.41, 5.74) is 7.20. The van der Waals surface area contributed by atoms with E-state index in [1.807, 2.05) is 0 Å². The summed E-state index contributed by atoms with van der Waals surface area (Å²) in [7, 11) is 0. The van der Waals surface area contributed by atoms with Crippen molar-refractivity contribution in [2.24, 2.45) is 10.7 Å². The molecular weight excluding hydrogens is 369 g/mol. The molecule has 156 valence electrons. The maximum Gasteiger partial charge on any atom is 0.244 e. The Hall–Kier alpha value is -2.54. The Morgan fingerprint density at radius 3 is 2.79 bits per heavy atom. The smallest absolute Gasteiger partial charge is 0.244 e. The van der Waals surface area contributed by atoms with E-state index < -0.39 is 0 Å². The number of anilines is 1. The van der Waals surface area contributed by atoms with Gasteiger partial charge in [0.1, 0.15) is 17.5 Å². The minimum atomic E-state index is -0.389. The third-order valence-electron chi connectivity index (χ3n) is 5.44. The number of carbonyl (C=O) groups excluding carboxylic acids is 1. The Bertz CT molecular complexity index is 892. The van der Waals surface area contributed by atoms with Gasteiger partial charge in [-0.1, -0.05) is 19.8 Å². The maximum absolute atomic E-state index is 13.6. The average molecular weight is 400 g/mol. The van der Waals surface area contributed by atoms with Crippen molar-refractivity contribution in [2.75, 3.05) is 11.9 Å². The summed E-state index contributed by atoms with van der Waals surface area (Å²) in [4.78, 5) is 19.8. The number of rotatable bonds is 8. The van der Waals surface area contributed by atoms with E-state index in [2.05, 4.69) is 27.5 Å². The molecule has 6 nitrogen and oxygen atoms in total.